The standard InChI is InChI=1S/C20H31N/c1-16(17-10-4-2-5-11-17)21-20-15-9-8-14-19(20)18-12-6-3-7-13-18/h3,6-7,12-13,16-17,19-21H,2,4-5,8-11,14-15H2,1H3. The molecule has 1 heteroatoms. The Morgan fingerprint density at radius 1 is 0.857 bits per heavy atom. The first-order chi connectivity index (χ1) is 10.3. The third-order valence-electron chi connectivity index (χ3n) is 5.83. The molecule has 0 amide bonds. The molecule has 0 radical (unpaired) electrons. The molecular weight excluding hydrogens is 254 g/mol. The summed E-state index contributed by atoms with van der Waals surface area (Å²) < 4.78 is 0. The van der Waals surface area contributed by atoms with Crippen molar-refractivity contribution in [2.45, 2.75) is 82.7 Å². The number of nitrogens with one attached hydrogen (secondary N) is 1. The number of rotatable bonds is 4. The van der Waals surface area contributed by atoms with Gasteiger partial charge in [-0.25, -0.2) is 0 Å². The van der Waals surface area contributed by atoms with E-state index in [9.17, 15) is 0 Å². The van der Waals surface area contributed by atoms with Crippen molar-refractivity contribution in [1.82, 2.24) is 5.32 Å². The lowest BCUT2D eigenvalue weighted by Gasteiger charge is -2.38. The number of hydrogen-bond donors (Lipinski definition) is 1. The van der Waals surface area contributed by atoms with Gasteiger partial charge < -0.3 is 5.32 Å². The van der Waals surface area contributed by atoms with Gasteiger partial charge in [-0.15, -0.1) is 0 Å². The first-order valence-corrected chi connectivity index (χ1v) is 9.15. The van der Waals surface area contributed by atoms with Crippen LogP contribution in [0.1, 0.15) is 76.2 Å². The third kappa shape index (κ3) is 3.88. The molecule has 3 atom stereocenters. The lowest BCUT2D eigenvalue weighted by molar-refractivity contribution is 0.229. The maximum absolute atomic E-state index is 4.04. The van der Waals surface area contributed by atoms with Gasteiger partial charge in [0.05, 0.1) is 0 Å². The van der Waals surface area contributed by atoms with Gasteiger partial charge in [0.2, 0.25) is 0 Å². The van der Waals surface area contributed by atoms with E-state index in [1.54, 1.807) is 5.56 Å². The van der Waals surface area contributed by atoms with E-state index >= 15 is 0 Å². The third-order valence-corrected chi connectivity index (χ3v) is 5.83. The topological polar surface area (TPSA) is 12.0 Å². The van der Waals surface area contributed by atoms with Crippen molar-refractivity contribution >= 4 is 0 Å². The largest absolute Gasteiger partial charge is 0.311 e. The minimum atomic E-state index is 0.693. The average molecular weight is 285 g/mol. The van der Waals surface area contributed by atoms with E-state index in [0.717, 1.165) is 11.8 Å². The molecule has 0 heterocycles. The molecule has 0 aliphatic heterocycles. The summed E-state index contributed by atoms with van der Waals surface area (Å²) in [6.45, 7) is 2.44. The molecular formula is C20H31N. The molecule has 2 saturated carbocycles. The molecule has 1 N–H and O–H groups in total. The first-order valence-electron chi connectivity index (χ1n) is 9.15. The van der Waals surface area contributed by atoms with E-state index in [0.29, 0.717) is 12.1 Å². The summed E-state index contributed by atoms with van der Waals surface area (Å²) in [5.74, 6) is 1.64. The summed E-state index contributed by atoms with van der Waals surface area (Å²) in [7, 11) is 0. The van der Waals surface area contributed by atoms with Crippen molar-refractivity contribution in [3.8, 4) is 0 Å². The summed E-state index contributed by atoms with van der Waals surface area (Å²) >= 11 is 0. The smallest absolute Gasteiger partial charge is 0.0138 e. The van der Waals surface area contributed by atoms with Crippen LogP contribution < -0.4 is 5.32 Å². The molecule has 1 nitrogen and oxygen atoms in total. The van der Waals surface area contributed by atoms with E-state index < -0.39 is 0 Å². The Morgan fingerprint density at radius 2 is 1.52 bits per heavy atom. The fraction of sp³-hybridized carbons (Fsp3) is 0.700. The Balaban J connectivity index is 1.64. The minimum Gasteiger partial charge on any atom is -0.311 e. The van der Waals surface area contributed by atoms with Gasteiger partial charge >= 0.3 is 0 Å². The molecule has 2 fully saturated rings. The minimum absolute atomic E-state index is 0.693. The molecule has 0 bridgehead atoms. The highest BCUT2D eigenvalue weighted by Crippen LogP contribution is 2.34. The van der Waals surface area contributed by atoms with Crippen molar-refractivity contribution in [3.63, 3.8) is 0 Å². The molecule has 3 rings (SSSR count). The van der Waals surface area contributed by atoms with Crippen LogP contribution in [-0.2, 0) is 0 Å². The molecule has 0 saturated heterocycles. The highest BCUT2D eigenvalue weighted by atomic mass is 15.0. The van der Waals surface area contributed by atoms with Crippen molar-refractivity contribution in [1.29, 1.82) is 0 Å². The molecule has 0 spiro atoms. The lowest BCUT2D eigenvalue weighted by Crippen LogP contribution is -2.45. The Hall–Kier alpha value is -0.820. The van der Waals surface area contributed by atoms with Crippen LogP contribution in [-0.4, -0.2) is 12.1 Å². The average Bonchev–Trinajstić information content (AvgIpc) is 2.57. The summed E-state index contributed by atoms with van der Waals surface area (Å²) in [4.78, 5) is 0. The Kier molecular flexibility index (Phi) is 5.35. The molecule has 1 aromatic carbocycles. The van der Waals surface area contributed by atoms with Gasteiger partial charge in [0.1, 0.15) is 0 Å². The maximum atomic E-state index is 4.04. The second-order valence-electron chi connectivity index (χ2n) is 7.26. The molecule has 1 aromatic rings. The fourth-order valence-corrected chi connectivity index (χ4v) is 4.54. The zero-order chi connectivity index (χ0) is 14.5. The van der Waals surface area contributed by atoms with Crippen molar-refractivity contribution in [3.05, 3.63) is 35.9 Å². The second-order valence-corrected chi connectivity index (χ2v) is 7.26. The number of hydrogen-bond acceptors (Lipinski definition) is 1. The molecule has 21 heavy (non-hydrogen) atoms. The molecule has 0 aromatic heterocycles. The fourth-order valence-electron chi connectivity index (χ4n) is 4.54. The Morgan fingerprint density at radius 3 is 2.29 bits per heavy atom. The van der Waals surface area contributed by atoms with Crippen LogP contribution in [0.25, 0.3) is 0 Å². The van der Waals surface area contributed by atoms with E-state index in [4.69, 9.17) is 0 Å². The van der Waals surface area contributed by atoms with E-state index in [-0.39, 0.29) is 0 Å². The van der Waals surface area contributed by atoms with Crippen LogP contribution in [0.15, 0.2) is 30.3 Å². The predicted molar refractivity (Wildman–Crippen MR) is 90.6 cm³/mol. The summed E-state index contributed by atoms with van der Waals surface area (Å²) in [6, 6.07) is 12.6. The molecule has 3 unspecified atom stereocenters. The summed E-state index contributed by atoms with van der Waals surface area (Å²) in [6.07, 6.45) is 12.8. The van der Waals surface area contributed by atoms with Gasteiger partial charge in [0, 0.05) is 12.1 Å². The molecule has 2 aliphatic rings. The zero-order valence-corrected chi connectivity index (χ0v) is 13.6. The van der Waals surface area contributed by atoms with Gasteiger partial charge in [0.25, 0.3) is 0 Å². The molecule has 2 aliphatic carbocycles. The van der Waals surface area contributed by atoms with Gasteiger partial charge in [-0.05, 0) is 50.0 Å². The van der Waals surface area contributed by atoms with Gasteiger partial charge in [-0.3, -0.25) is 0 Å². The first kappa shape index (κ1) is 15.1. The molecule has 116 valence electrons. The van der Waals surface area contributed by atoms with Gasteiger partial charge in [0.15, 0.2) is 0 Å². The normalized spacial score (nSPS) is 29.2. The lowest BCUT2D eigenvalue weighted by atomic mass is 9.78. The van der Waals surface area contributed by atoms with Crippen LogP contribution in [0.3, 0.4) is 0 Å². The van der Waals surface area contributed by atoms with Crippen LogP contribution >= 0.6 is 0 Å². The quantitative estimate of drug-likeness (QED) is 0.794. The maximum Gasteiger partial charge on any atom is 0.0138 e. The van der Waals surface area contributed by atoms with Crippen LogP contribution in [0, 0.1) is 5.92 Å². The van der Waals surface area contributed by atoms with Crippen molar-refractivity contribution in [2.24, 2.45) is 5.92 Å². The summed E-state index contributed by atoms with van der Waals surface area (Å²) in [5, 5.41) is 4.04. The van der Waals surface area contributed by atoms with Crippen LogP contribution in [0.4, 0.5) is 0 Å². The van der Waals surface area contributed by atoms with Crippen LogP contribution in [0.2, 0.25) is 0 Å². The second kappa shape index (κ2) is 7.45. The van der Waals surface area contributed by atoms with Crippen molar-refractivity contribution < 1.29 is 0 Å². The highest BCUT2D eigenvalue weighted by molar-refractivity contribution is 5.22. The Labute approximate surface area is 130 Å². The van der Waals surface area contributed by atoms with E-state index in [2.05, 4.69) is 42.6 Å². The summed E-state index contributed by atoms with van der Waals surface area (Å²) in [5.41, 5.74) is 1.55. The van der Waals surface area contributed by atoms with Crippen molar-refractivity contribution in [2.75, 3.05) is 0 Å². The number of benzene rings is 1. The highest BCUT2D eigenvalue weighted by Gasteiger charge is 2.29. The van der Waals surface area contributed by atoms with E-state index in [1.165, 1.54) is 57.8 Å². The zero-order valence-electron chi connectivity index (χ0n) is 13.6. The predicted octanol–water partition coefficient (Wildman–Crippen LogP) is 5.27. The van der Waals surface area contributed by atoms with Gasteiger partial charge in [-0.2, -0.15) is 0 Å². The van der Waals surface area contributed by atoms with Gasteiger partial charge in [-0.1, -0.05) is 62.4 Å². The monoisotopic (exact) mass is 285 g/mol. The SMILES string of the molecule is CC(NC1CCCCC1c1ccccc1)C1CCCCC1. The Bertz CT molecular complexity index is 407. The van der Waals surface area contributed by atoms with Crippen LogP contribution in [0.5, 0.6) is 0 Å². The van der Waals surface area contributed by atoms with E-state index in [1.807, 2.05) is 0 Å².